The Balaban J connectivity index is 2.16. The van der Waals surface area contributed by atoms with E-state index in [1.54, 1.807) is 0 Å². The molecule has 0 aliphatic carbocycles. The molecule has 1 atom stereocenters. The number of halogens is 7. The lowest BCUT2D eigenvalue weighted by Gasteiger charge is -2.41. The van der Waals surface area contributed by atoms with Crippen molar-refractivity contribution in [3.05, 3.63) is 72.1 Å². The lowest BCUT2D eigenvalue weighted by molar-refractivity contribution is -0.394. The summed E-state index contributed by atoms with van der Waals surface area (Å²) in [5.74, 6) is -14.3. The van der Waals surface area contributed by atoms with Crippen molar-refractivity contribution in [3.63, 3.8) is 0 Å². The van der Waals surface area contributed by atoms with Crippen LogP contribution in [0, 0.1) is 0 Å². The van der Waals surface area contributed by atoms with E-state index in [4.69, 9.17) is 0 Å². The van der Waals surface area contributed by atoms with Crippen molar-refractivity contribution in [2.45, 2.75) is 23.7 Å². The molecule has 1 aliphatic rings. The number of pyridine rings is 1. The highest BCUT2D eigenvalue weighted by Crippen LogP contribution is 2.54. The zero-order chi connectivity index (χ0) is 22.4. The van der Waals surface area contributed by atoms with E-state index in [0.717, 1.165) is 12.3 Å². The maximum Gasteiger partial charge on any atom is 0.460 e. The Hall–Kier alpha value is -3.15. The molecular weight excluding hydrogens is 423 g/mol. The van der Waals surface area contributed by atoms with Gasteiger partial charge in [-0.3, -0.25) is 15.2 Å². The molecule has 5 nitrogen and oxygen atoms in total. The standard InChI is InChI=1S/C18H12F7N3O2/c19-16(20,17(21,22)18(23,24)25)15(30)9-13(11-5-2-1-3-6-11)27-28(15)14(29)12-7-4-8-26-10-12/h1-10,27,30H/t15-/m0/s1. The maximum atomic E-state index is 14.6. The summed E-state index contributed by atoms with van der Waals surface area (Å²) in [6.45, 7) is 0. The predicted octanol–water partition coefficient (Wildman–Crippen LogP) is 3.60. The highest BCUT2D eigenvalue weighted by molar-refractivity contribution is 5.95. The number of hydrogen-bond donors (Lipinski definition) is 2. The number of alkyl halides is 7. The first-order chi connectivity index (χ1) is 13.8. The molecule has 1 aromatic heterocycles. The molecule has 0 fully saturated rings. The van der Waals surface area contributed by atoms with Crippen molar-refractivity contribution >= 4 is 11.6 Å². The lowest BCUT2D eigenvalue weighted by atomic mass is 9.96. The zero-order valence-electron chi connectivity index (χ0n) is 14.7. The molecule has 0 unspecified atom stereocenters. The van der Waals surface area contributed by atoms with E-state index < -0.39 is 40.9 Å². The number of hydrazine groups is 1. The Morgan fingerprint density at radius 1 is 1.00 bits per heavy atom. The molecule has 1 aromatic carbocycles. The molecule has 1 amide bonds. The summed E-state index contributed by atoms with van der Waals surface area (Å²) < 4.78 is 94.8. The van der Waals surface area contributed by atoms with Crippen LogP contribution in [0.1, 0.15) is 15.9 Å². The minimum atomic E-state index is -6.71. The second-order valence-corrected chi connectivity index (χ2v) is 6.29. The number of carbonyl (C=O) groups excluding carboxylic acids is 1. The minimum absolute atomic E-state index is 0.0449. The van der Waals surface area contributed by atoms with Gasteiger partial charge in [-0.1, -0.05) is 30.3 Å². The fourth-order valence-corrected chi connectivity index (χ4v) is 2.73. The number of aliphatic hydroxyl groups is 1. The molecule has 1 aliphatic heterocycles. The van der Waals surface area contributed by atoms with Gasteiger partial charge in [0.25, 0.3) is 11.6 Å². The Bertz CT molecular complexity index is 965. The van der Waals surface area contributed by atoms with Gasteiger partial charge >= 0.3 is 18.0 Å². The zero-order valence-corrected chi connectivity index (χ0v) is 14.7. The molecule has 2 heterocycles. The highest BCUT2D eigenvalue weighted by atomic mass is 19.4. The third-order valence-electron chi connectivity index (χ3n) is 4.33. The van der Waals surface area contributed by atoms with Gasteiger partial charge in [0.2, 0.25) is 0 Å². The number of nitrogens with zero attached hydrogens (tertiary/aromatic N) is 2. The van der Waals surface area contributed by atoms with Gasteiger partial charge in [-0.05, 0) is 17.7 Å². The van der Waals surface area contributed by atoms with Crippen molar-refractivity contribution in [2.75, 3.05) is 0 Å². The Morgan fingerprint density at radius 3 is 2.17 bits per heavy atom. The third-order valence-corrected chi connectivity index (χ3v) is 4.33. The highest BCUT2D eigenvalue weighted by Gasteiger charge is 2.82. The number of hydrogen-bond acceptors (Lipinski definition) is 4. The third kappa shape index (κ3) is 3.16. The van der Waals surface area contributed by atoms with Crippen LogP contribution in [0.4, 0.5) is 30.7 Å². The quantitative estimate of drug-likeness (QED) is 0.721. The van der Waals surface area contributed by atoms with E-state index in [0.29, 0.717) is 0 Å². The van der Waals surface area contributed by atoms with Crippen LogP contribution in [-0.2, 0) is 0 Å². The summed E-state index contributed by atoms with van der Waals surface area (Å²) in [6, 6.07) is 9.23. The predicted molar refractivity (Wildman–Crippen MR) is 88.9 cm³/mol. The summed E-state index contributed by atoms with van der Waals surface area (Å²) in [7, 11) is 0. The average Bonchev–Trinajstić information content (AvgIpc) is 3.07. The van der Waals surface area contributed by atoms with E-state index in [2.05, 4.69) is 4.98 Å². The van der Waals surface area contributed by atoms with Crippen LogP contribution in [0.2, 0.25) is 0 Å². The van der Waals surface area contributed by atoms with E-state index >= 15 is 0 Å². The first-order valence-corrected chi connectivity index (χ1v) is 8.17. The fourth-order valence-electron chi connectivity index (χ4n) is 2.73. The second-order valence-electron chi connectivity index (χ2n) is 6.29. The van der Waals surface area contributed by atoms with Crippen LogP contribution < -0.4 is 5.43 Å². The number of amides is 1. The van der Waals surface area contributed by atoms with Crippen molar-refractivity contribution in [3.8, 4) is 0 Å². The monoisotopic (exact) mass is 435 g/mol. The molecule has 0 radical (unpaired) electrons. The summed E-state index contributed by atoms with van der Waals surface area (Å²) in [5, 5.41) is 10.1. The number of aromatic nitrogens is 1. The second kappa shape index (κ2) is 6.97. The SMILES string of the molecule is O=C(c1cccnc1)N1NC(c2ccccc2)=C[C@]1(O)C(F)(F)C(F)(F)C(F)(F)F. The topological polar surface area (TPSA) is 65.5 Å². The number of rotatable bonds is 4. The molecule has 2 N–H and O–H groups in total. The number of benzene rings is 1. The smallest absolute Gasteiger partial charge is 0.361 e. The summed E-state index contributed by atoms with van der Waals surface area (Å²) >= 11 is 0. The Kier molecular flexibility index (Phi) is 5.01. The van der Waals surface area contributed by atoms with Crippen LogP contribution in [0.3, 0.4) is 0 Å². The van der Waals surface area contributed by atoms with Gasteiger partial charge in [0.15, 0.2) is 0 Å². The molecule has 3 rings (SSSR count). The van der Waals surface area contributed by atoms with Crippen LogP contribution in [0.15, 0.2) is 60.9 Å². The average molecular weight is 435 g/mol. The van der Waals surface area contributed by atoms with E-state index in [1.807, 2.05) is 5.43 Å². The van der Waals surface area contributed by atoms with Crippen molar-refractivity contribution in [1.29, 1.82) is 0 Å². The van der Waals surface area contributed by atoms with Gasteiger partial charge in [-0.2, -0.15) is 30.7 Å². The van der Waals surface area contributed by atoms with Crippen molar-refractivity contribution < 1.29 is 40.6 Å². The van der Waals surface area contributed by atoms with Gasteiger partial charge in [0.05, 0.1) is 11.3 Å². The molecule has 160 valence electrons. The normalized spacial score (nSPS) is 20.0. The largest absolute Gasteiger partial charge is 0.460 e. The van der Waals surface area contributed by atoms with E-state index in [-0.39, 0.29) is 16.6 Å². The molecule has 0 bridgehead atoms. The van der Waals surface area contributed by atoms with Gasteiger partial charge in [0.1, 0.15) is 0 Å². The fraction of sp³-hybridized carbons (Fsp3) is 0.222. The molecule has 0 saturated heterocycles. The molecule has 0 saturated carbocycles. The number of nitrogens with one attached hydrogen (secondary N) is 1. The number of carbonyl (C=O) groups is 1. The first kappa shape index (κ1) is 21.6. The van der Waals surface area contributed by atoms with Crippen molar-refractivity contribution in [2.24, 2.45) is 0 Å². The van der Waals surface area contributed by atoms with Gasteiger partial charge in [-0.25, -0.2) is 5.01 Å². The van der Waals surface area contributed by atoms with Crippen LogP contribution in [-0.4, -0.2) is 44.8 Å². The Labute approximate surface area is 164 Å². The van der Waals surface area contributed by atoms with Crippen LogP contribution in [0.5, 0.6) is 0 Å². The van der Waals surface area contributed by atoms with Gasteiger partial charge < -0.3 is 5.11 Å². The molecule has 12 heteroatoms. The van der Waals surface area contributed by atoms with E-state index in [9.17, 15) is 40.6 Å². The molecule has 2 aromatic rings. The Morgan fingerprint density at radius 2 is 1.63 bits per heavy atom. The first-order valence-electron chi connectivity index (χ1n) is 8.17. The van der Waals surface area contributed by atoms with Crippen molar-refractivity contribution in [1.82, 2.24) is 15.4 Å². The maximum absolute atomic E-state index is 14.6. The van der Waals surface area contributed by atoms with Gasteiger partial charge in [-0.15, -0.1) is 0 Å². The lowest BCUT2D eigenvalue weighted by Crippen LogP contribution is -2.70. The summed E-state index contributed by atoms with van der Waals surface area (Å²) in [4.78, 5) is 16.2. The van der Waals surface area contributed by atoms with Gasteiger partial charge in [0, 0.05) is 18.5 Å². The molecule has 30 heavy (non-hydrogen) atoms. The van der Waals surface area contributed by atoms with Crippen LogP contribution in [0.25, 0.3) is 5.70 Å². The van der Waals surface area contributed by atoms with E-state index in [1.165, 1.54) is 42.6 Å². The summed E-state index contributed by atoms with van der Waals surface area (Å²) in [6.07, 6.45) is -4.58. The summed E-state index contributed by atoms with van der Waals surface area (Å²) in [5.41, 5.74) is -3.24. The minimum Gasteiger partial charge on any atom is -0.361 e. The molecule has 0 spiro atoms. The van der Waals surface area contributed by atoms with Crippen LogP contribution >= 0.6 is 0 Å². The molecular formula is C18H12F7N3O2.